The first-order valence-electron chi connectivity index (χ1n) is 10.1. The van der Waals surface area contributed by atoms with E-state index in [0.717, 1.165) is 35.6 Å². The number of carbonyl (C=O) groups is 1. The number of halogens is 3. The van der Waals surface area contributed by atoms with Crippen LogP contribution in [0.15, 0.2) is 48.7 Å². The van der Waals surface area contributed by atoms with E-state index in [-0.39, 0.29) is 17.6 Å². The number of piperidine rings is 1. The summed E-state index contributed by atoms with van der Waals surface area (Å²) < 4.78 is 49.8. The molecule has 2 aromatic carbocycles. The van der Waals surface area contributed by atoms with Crippen LogP contribution in [0.5, 0.6) is 11.5 Å². The first-order valence-corrected chi connectivity index (χ1v) is 10.1. The maximum absolute atomic E-state index is 13.1. The van der Waals surface area contributed by atoms with Crippen molar-refractivity contribution in [1.82, 2.24) is 9.88 Å². The van der Waals surface area contributed by atoms with Crippen molar-refractivity contribution in [3.63, 3.8) is 0 Å². The Bertz CT molecular complexity index is 1070. The lowest BCUT2D eigenvalue weighted by Crippen LogP contribution is -2.40. The highest BCUT2D eigenvalue weighted by atomic mass is 19.4. The second kappa shape index (κ2) is 8.53. The molecule has 1 saturated heterocycles. The number of likely N-dealkylation sites (tertiary alicyclic amines) is 1. The number of carbonyl (C=O) groups excluding carboxylic acids is 1. The van der Waals surface area contributed by atoms with E-state index in [1.54, 1.807) is 12.0 Å². The number of hydrogen-bond acceptors (Lipinski definition) is 3. The topological polar surface area (TPSA) is 54.6 Å². The number of alkyl halides is 3. The first-order chi connectivity index (χ1) is 14.9. The van der Waals surface area contributed by atoms with Crippen molar-refractivity contribution >= 4 is 16.8 Å². The lowest BCUT2D eigenvalue weighted by atomic mass is 9.89. The summed E-state index contributed by atoms with van der Waals surface area (Å²) in [5.74, 6) is 0.441. The summed E-state index contributed by atoms with van der Waals surface area (Å²) in [6, 6.07) is 10.8. The van der Waals surface area contributed by atoms with E-state index >= 15 is 0 Å². The molecule has 31 heavy (non-hydrogen) atoms. The van der Waals surface area contributed by atoms with Crippen LogP contribution in [-0.2, 0) is 11.0 Å². The number of benzene rings is 2. The molecule has 164 valence electrons. The summed E-state index contributed by atoms with van der Waals surface area (Å²) in [4.78, 5) is 17.5. The number of rotatable bonds is 5. The third-order valence-electron chi connectivity index (χ3n) is 5.75. The number of amides is 1. The van der Waals surface area contributed by atoms with Gasteiger partial charge in [-0.1, -0.05) is 12.1 Å². The highest BCUT2D eigenvalue weighted by Gasteiger charge is 2.34. The Hall–Kier alpha value is -3.16. The molecular formula is C23H23F3N2O3. The number of aromatic nitrogens is 1. The number of nitrogens with zero attached hydrogens (tertiary/aromatic N) is 1. The molecule has 0 bridgehead atoms. The van der Waals surface area contributed by atoms with Crippen LogP contribution in [0.1, 0.15) is 29.9 Å². The minimum atomic E-state index is -4.53. The third kappa shape index (κ3) is 4.47. The van der Waals surface area contributed by atoms with Crippen LogP contribution in [0, 0.1) is 0 Å². The Balaban J connectivity index is 1.37. The number of methoxy groups -OCH3 is 1. The number of fused-ring (bicyclic) bond motifs is 1. The van der Waals surface area contributed by atoms with Gasteiger partial charge in [0.15, 0.2) is 6.61 Å². The van der Waals surface area contributed by atoms with Gasteiger partial charge in [0.1, 0.15) is 11.5 Å². The molecule has 1 aliphatic rings. The molecule has 1 aliphatic heterocycles. The fourth-order valence-corrected chi connectivity index (χ4v) is 4.08. The summed E-state index contributed by atoms with van der Waals surface area (Å²) in [5, 5.41) is 1.11. The van der Waals surface area contributed by atoms with Gasteiger partial charge < -0.3 is 19.4 Å². The SMILES string of the molecule is COc1ccc2[nH]cc(C3CCN(C(=O)COc4ccccc4C(F)(F)F)CC3)c2c1. The Kier molecular flexibility index (Phi) is 5.80. The zero-order valence-corrected chi connectivity index (χ0v) is 17.0. The number of para-hydroxylation sites is 1. The summed E-state index contributed by atoms with van der Waals surface area (Å²) in [6.07, 6.45) is -0.979. The average Bonchev–Trinajstić information content (AvgIpc) is 3.20. The predicted octanol–water partition coefficient (Wildman–Crippen LogP) is 4.98. The van der Waals surface area contributed by atoms with Crippen molar-refractivity contribution in [2.45, 2.75) is 24.9 Å². The molecule has 1 amide bonds. The smallest absolute Gasteiger partial charge is 0.419 e. The van der Waals surface area contributed by atoms with Gasteiger partial charge in [-0.3, -0.25) is 4.79 Å². The quantitative estimate of drug-likeness (QED) is 0.619. The van der Waals surface area contributed by atoms with Crippen molar-refractivity contribution in [2.75, 3.05) is 26.8 Å². The minimum absolute atomic E-state index is 0.289. The van der Waals surface area contributed by atoms with Crippen molar-refractivity contribution in [2.24, 2.45) is 0 Å². The summed E-state index contributed by atoms with van der Waals surface area (Å²) in [5.41, 5.74) is 1.35. The normalized spacial score (nSPS) is 15.3. The van der Waals surface area contributed by atoms with E-state index < -0.39 is 18.3 Å². The lowest BCUT2D eigenvalue weighted by Gasteiger charge is -2.32. The molecule has 1 aromatic heterocycles. The van der Waals surface area contributed by atoms with Crippen LogP contribution in [0.4, 0.5) is 13.2 Å². The zero-order chi connectivity index (χ0) is 22.0. The van der Waals surface area contributed by atoms with E-state index in [9.17, 15) is 18.0 Å². The summed E-state index contributed by atoms with van der Waals surface area (Å²) >= 11 is 0. The van der Waals surface area contributed by atoms with Gasteiger partial charge in [0.25, 0.3) is 5.91 Å². The molecule has 4 rings (SSSR count). The lowest BCUT2D eigenvalue weighted by molar-refractivity contribution is -0.141. The van der Waals surface area contributed by atoms with Crippen molar-refractivity contribution in [3.8, 4) is 11.5 Å². The highest BCUT2D eigenvalue weighted by Crippen LogP contribution is 2.37. The molecule has 0 spiro atoms. The van der Waals surface area contributed by atoms with Gasteiger partial charge in [-0.05, 0) is 54.7 Å². The molecule has 1 fully saturated rings. The van der Waals surface area contributed by atoms with Gasteiger partial charge in [-0.25, -0.2) is 0 Å². The molecule has 0 atom stereocenters. The van der Waals surface area contributed by atoms with Gasteiger partial charge in [0.05, 0.1) is 12.7 Å². The highest BCUT2D eigenvalue weighted by molar-refractivity contribution is 5.85. The van der Waals surface area contributed by atoms with Gasteiger partial charge in [-0.15, -0.1) is 0 Å². The van der Waals surface area contributed by atoms with E-state index in [0.29, 0.717) is 13.1 Å². The zero-order valence-electron chi connectivity index (χ0n) is 17.0. The second-order valence-corrected chi connectivity index (χ2v) is 7.59. The predicted molar refractivity (Wildman–Crippen MR) is 110 cm³/mol. The van der Waals surface area contributed by atoms with Gasteiger partial charge in [0, 0.05) is 30.2 Å². The Morgan fingerprint density at radius 2 is 1.90 bits per heavy atom. The number of ether oxygens (including phenoxy) is 2. The fourth-order valence-electron chi connectivity index (χ4n) is 4.08. The fraction of sp³-hybridized carbons (Fsp3) is 0.348. The molecule has 0 saturated carbocycles. The van der Waals surface area contributed by atoms with E-state index in [1.807, 2.05) is 24.4 Å². The minimum Gasteiger partial charge on any atom is -0.497 e. The Morgan fingerprint density at radius 3 is 2.61 bits per heavy atom. The van der Waals surface area contributed by atoms with Crippen LogP contribution < -0.4 is 9.47 Å². The second-order valence-electron chi connectivity index (χ2n) is 7.59. The van der Waals surface area contributed by atoms with Gasteiger partial charge in [-0.2, -0.15) is 13.2 Å². The molecule has 5 nitrogen and oxygen atoms in total. The largest absolute Gasteiger partial charge is 0.497 e. The standard InChI is InChI=1S/C23H23F3N2O3/c1-30-16-6-7-20-17(12-16)18(13-27-20)15-8-10-28(11-9-15)22(29)14-31-21-5-3-2-4-19(21)23(24,25)26/h2-7,12-13,15,27H,8-11,14H2,1H3. The molecule has 8 heteroatoms. The van der Waals surface area contributed by atoms with Crippen LogP contribution in [0.2, 0.25) is 0 Å². The first kappa shape index (κ1) is 21.1. The average molecular weight is 432 g/mol. The number of hydrogen-bond donors (Lipinski definition) is 1. The number of H-pyrrole nitrogens is 1. The maximum Gasteiger partial charge on any atom is 0.419 e. The van der Waals surface area contributed by atoms with Crippen LogP contribution in [0.25, 0.3) is 10.9 Å². The van der Waals surface area contributed by atoms with Crippen molar-refractivity contribution in [1.29, 1.82) is 0 Å². The van der Waals surface area contributed by atoms with Crippen LogP contribution in [-0.4, -0.2) is 42.6 Å². The Morgan fingerprint density at radius 1 is 1.16 bits per heavy atom. The van der Waals surface area contributed by atoms with E-state index in [4.69, 9.17) is 9.47 Å². The molecule has 1 N–H and O–H groups in total. The van der Waals surface area contributed by atoms with Crippen LogP contribution in [0.3, 0.4) is 0 Å². The van der Waals surface area contributed by atoms with E-state index in [2.05, 4.69) is 4.98 Å². The molecule has 2 heterocycles. The van der Waals surface area contributed by atoms with Gasteiger partial charge in [0.2, 0.25) is 0 Å². The van der Waals surface area contributed by atoms with Crippen molar-refractivity contribution < 1.29 is 27.4 Å². The summed E-state index contributed by atoms with van der Waals surface area (Å²) in [6.45, 7) is 0.650. The third-order valence-corrected chi connectivity index (χ3v) is 5.75. The molecule has 3 aromatic rings. The van der Waals surface area contributed by atoms with E-state index in [1.165, 1.54) is 23.8 Å². The number of nitrogens with one attached hydrogen (secondary N) is 1. The number of aromatic amines is 1. The summed E-state index contributed by atoms with van der Waals surface area (Å²) in [7, 11) is 1.63. The van der Waals surface area contributed by atoms with Gasteiger partial charge >= 0.3 is 6.18 Å². The monoisotopic (exact) mass is 432 g/mol. The van der Waals surface area contributed by atoms with Crippen molar-refractivity contribution in [3.05, 3.63) is 59.8 Å². The molecular weight excluding hydrogens is 409 g/mol. The molecule has 0 radical (unpaired) electrons. The molecule has 0 unspecified atom stereocenters. The Labute approximate surface area is 177 Å². The van der Waals surface area contributed by atoms with Crippen LogP contribution >= 0.6 is 0 Å². The maximum atomic E-state index is 13.1. The molecule has 0 aliphatic carbocycles.